The van der Waals surface area contributed by atoms with Gasteiger partial charge in [0.25, 0.3) is 20.0 Å². The van der Waals surface area contributed by atoms with E-state index in [0.717, 1.165) is 5.69 Å². The van der Waals surface area contributed by atoms with E-state index < -0.39 is 20.0 Å². The molecule has 0 fully saturated rings. The first-order chi connectivity index (χ1) is 15.7. The topological polar surface area (TPSA) is 136 Å². The van der Waals surface area contributed by atoms with Crippen LogP contribution in [0.5, 0.6) is 0 Å². The van der Waals surface area contributed by atoms with Gasteiger partial charge in [0.05, 0.1) is 22.0 Å². The second kappa shape index (κ2) is 8.64. The van der Waals surface area contributed by atoms with Crippen LogP contribution in [-0.4, -0.2) is 36.6 Å². The summed E-state index contributed by atoms with van der Waals surface area (Å²) in [6.45, 7) is 3.29. The molecule has 0 spiro atoms. The van der Waals surface area contributed by atoms with Gasteiger partial charge in [-0.25, -0.2) is 36.2 Å². The van der Waals surface area contributed by atoms with E-state index in [0.29, 0.717) is 11.4 Å². The lowest BCUT2D eigenvalue weighted by molar-refractivity contribution is 0.599. The number of hydrogen-bond donors (Lipinski definition) is 2. The molecule has 170 valence electrons. The maximum atomic E-state index is 13.1. The van der Waals surface area contributed by atoms with Crippen molar-refractivity contribution in [3.05, 3.63) is 84.4 Å². The Morgan fingerprint density at radius 3 is 2.03 bits per heavy atom. The highest BCUT2D eigenvalue weighted by molar-refractivity contribution is 7.93. The number of sulfonamides is 2. The lowest BCUT2D eigenvalue weighted by atomic mass is 10.3. The highest BCUT2D eigenvalue weighted by Crippen LogP contribution is 2.25. The standard InChI is InChI=1S/C21H20N6O4S2/c1-15-20(16(2)27(24-15)18-7-4-3-5-8-18)33(30,31)25-17-9-11-19(12-10-17)32(28,29)26-21-22-13-6-14-23-21/h3-14,25H,1-2H3,(H,22,23,26). The van der Waals surface area contributed by atoms with E-state index in [1.807, 2.05) is 30.3 Å². The molecule has 0 bridgehead atoms. The number of para-hydroxylation sites is 1. The average Bonchev–Trinajstić information content (AvgIpc) is 3.09. The van der Waals surface area contributed by atoms with E-state index in [1.54, 1.807) is 24.6 Å². The van der Waals surface area contributed by atoms with Crippen molar-refractivity contribution in [2.45, 2.75) is 23.6 Å². The maximum Gasteiger partial charge on any atom is 0.265 e. The Morgan fingerprint density at radius 2 is 1.39 bits per heavy atom. The molecule has 0 aliphatic heterocycles. The number of aromatic nitrogens is 4. The highest BCUT2D eigenvalue weighted by atomic mass is 32.2. The Morgan fingerprint density at radius 1 is 0.758 bits per heavy atom. The molecule has 2 N–H and O–H groups in total. The minimum absolute atomic E-state index is 0.0611. The average molecular weight is 485 g/mol. The lowest BCUT2D eigenvalue weighted by Gasteiger charge is -2.10. The van der Waals surface area contributed by atoms with E-state index in [-0.39, 0.29) is 21.4 Å². The van der Waals surface area contributed by atoms with Crippen molar-refractivity contribution < 1.29 is 16.8 Å². The molecule has 0 atom stereocenters. The molecule has 0 aliphatic carbocycles. The Hall–Kier alpha value is -3.77. The van der Waals surface area contributed by atoms with Crippen molar-refractivity contribution in [1.29, 1.82) is 0 Å². The van der Waals surface area contributed by atoms with Crippen LogP contribution in [0.2, 0.25) is 0 Å². The summed E-state index contributed by atoms with van der Waals surface area (Å²) in [5.41, 5.74) is 1.74. The predicted molar refractivity (Wildman–Crippen MR) is 123 cm³/mol. The summed E-state index contributed by atoms with van der Waals surface area (Å²) in [7, 11) is -7.91. The lowest BCUT2D eigenvalue weighted by Crippen LogP contribution is -2.16. The maximum absolute atomic E-state index is 13.1. The predicted octanol–water partition coefficient (Wildman–Crippen LogP) is 2.88. The van der Waals surface area contributed by atoms with Crippen LogP contribution < -0.4 is 9.44 Å². The number of nitrogens with zero attached hydrogens (tertiary/aromatic N) is 4. The van der Waals surface area contributed by atoms with Crippen LogP contribution in [-0.2, 0) is 20.0 Å². The minimum atomic E-state index is -3.98. The molecule has 2 aromatic heterocycles. The van der Waals surface area contributed by atoms with E-state index in [9.17, 15) is 16.8 Å². The molecule has 2 heterocycles. The Kier molecular flexibility index (Phi) is 5.87. The molecular formula is C21H20N6O4S2. The number of benzene rings is 2. The molecule has 33 heavy (non-hydrogen) atoms. The number of nitrogens with one attached hydrogen (secondary N) is 2. The van der Waals surface area contributed by atoms with Crippen LogP contribution in [0.15, 0.2) is 82.8 Å². The van der Waals surface area contributed by atoms with Crippen LogP contribution in [0, 0.1) is 13.8 Å². The zero-order valence-corrected chi connectivity index (χ0v) is 19.3. The molecule has 4 aromatic rings. The van der Waals surface area contributed by atoms with Gasteiger partial charge in [-0.15, -0.1) is 0 Å². The van der Waals surface area contributed by atoms with Crippen molar-refractivity contribution >= 4 is 31.7 Å². The number of rotatable bonds is 7. The zero-order chi connectivity index (χ0) is 23.6. The fourth-order valence-corrected chi connectivity index (χ4v) is 5.69. The summed E-state index contributed by atoms with van der Waals surface area (Å²) in [5, 5.41) is 4.37. The van der Waals surface area contributed by atoms with Gasteiger partial charge in [0, 0.05) is 18.1 Å². The van der Waals surface area contributed by atoms with Crippen LogP contribution in [0.3, 0.4) is 0 Å². The Bertz CT molecular complexity index is 1490. The summed E-state index contributed by atoms with van der Waals surface area (Å²) in [6, 6.07) is 16.1. The third-order valence-electron chi connectivity index (χ3n) is 4.70. The zero-order valence-electron chi connectivity index (χ0n) is 17.7. The minimum Gasteiger partial charge on any atom is -0.280 e. The Balaban J connectivity index is 1.58. The summed E-state index contributed by atoms with van der Waals surface area (Å²) < 4.78 is 57.5. The first kappa shape index (κ1) is 22.4. The SMILES string of the molecule is Cc1nn(-c2ccccc2)c(C)c1S(=O)(=O)Nc1ccc(S(=O)(=O)Nc2ncccn2)cc1. The number of anilines is 2. The van der Waals surface area contributed by atoms with E-state index >= 15 is 0 Å². The molecule has 2 aromatic carbocycles. The molecule has 0 saturated heterocycles. The fraction of sp³-hybridized carbons (Fsp3) is 0.0952. The van der Waals surface area contributed by atoms with Crippen LogP contribution in [0.4, 0.5) is 11.6 Å². The normalized spacial score (nSPS) is 11.8. The fourth-order valence-electron chi connectivity index (χ4n) is 3.28. The third kappa shape index (κ3) is 4.71. The van der Waals surface area contributed by atoms with Gasteiger partial charge in [-0.3, -0.25) is 4.72 Å². The summed E-state index contributed by atoms with van der Waals surface area (Å²) in [5.74, 6) is -0.0661. The van der Waals surface area contributed by atoms with Crippen molar-refractivity contribution in [3.63, 3.8) is 0 Å². The largest absolute Gasteiger partial charge is 0.280 e. The molecule has 0 aliphatic rings. The second-order valence-corrected chi connectivity index (χ2v) is 10.4. The van der Waals surface area contributed by atoms with Gasteiger partial charge in [-0.05, 0) is 56.3 Å². The molecule has 0 radical (unpaired) electrons. The second-order valence-electron chi connectivity index (χ2n) is 7.06. The van der Waals surface area contributed by atoms with E-state index in [1.165, 1.54) is 36.7 Å². The third-order valence-corrected chi connectivity index (χ3v) is 7.68. The quantitative estimate of drug-likeness (QED) is 0.412. The van der Waals surface area contributed by atoms with E-state index in [2.05, 4.69) is 24.5 Å². The summed E-state index contributed by atoms with van der Waals surface area (Å²) in [4.78, 5) is 7.65. The molecule has 10 nitrogen and oxygen atoms in total. The van der Waals surface area contributed by atoms with Gasteiger partial charge >= 0.3 is 0 Å². The first-order valence-corrected chi connectivity index (χ1v) is 12.7. The van der Waals surface area contributed by atoms with Crippen LogP contribution >= 0.6 is 0 Å². The first-order valence-electron chi connectivity index (χ1n) is 9.72. The van der Waals surface area contributed by atoms with Crippen molar-refractivity contribution in [3.8, 4) is 5.69 Å². The smallest absolute Gasteiger partial charge is 0.265 e. The number of hydrogen-bond acceptors (Lipinski definition) is 7. The molecule has 0 amide bonds. The van der Waals surface area contributed by atoms with Gasteiger partial charge in [-0.1, -0.05) is 18.2 Å². The van der Waals surface area contributed by atoms with Crippen LogP contribution in [0.25, 0.3) is 5.69 Å². The van der Waals surface area contributed by atoms with Gasteiger partial charge in [0.2, 0.25) is 5.95 Å². The van der Waals surface area contributed by atoms with Gasteiger partial charge in [0.15, 0.2) is 0 Å². The molecule has 0 saturated carbocycles. The molecule has 0 unspecified atom stereocenters. The highest BCUT2D eigenvalue weighted by Gasteiger charge is 2.25. The van der Waals surface area contributed by atoms with Crippen molar-refractivity contribution in [1.82, 2.24) is 19.7 Å². The number of aryl methyl sites for hydroxylation is 1. The van der Waals surface area contributed by atoms with Gasteiger partial charge in [-0.2, -0.15) is 5.10 Å². The molecular weight excluding hydrogens is 464 g/mol. The van der Waals surface area contributed by atoms with Gasteiger partial charge < -0.3 is 0 Å². The van der Waals surface area contributed by atoms with Crippen LogP contribution in [0.1, 0.15) is 11.4 Å². The monoisotopic (exact) mass is 484 g/mol. The van der Waals surface area contributed by atoms with Crippen molar-refractivity contribution in [2.75, 3.05) is 9.44 Å². The molecule has 12 heteroatoms. The van der Waals surface area contributed by atoms with Gasteiger partial charge in [0.1, 0.15) is 4.90 Å². The summed E-state index contributed by atoms with van der Waals surface area (Å²) >= 11 is 0. The molecule has 4 rings (SSSR count). The Labute approximate surface area is 191 Å². The van der Waals surface area contributed by atoms with Crippen molar-refractivity contribution in [2.24, 2.45) is 0 Å². The summed E-state index contributed by atoms with van der Waals surface area (Å²) in [6.07, 6.45) is 2.82. The van der Waals surface area contributed by atoms with E-state index in [4.69, 9.17) is 0 Å².